The van der Waals surface area contributed by atoms with Crippen LogP contribution in [-0.4, -0.2) is 27.3 Å². The first-order chi connectivity index (χ1) is 15.3. The number of benzene rings is 2. The molecule has 0 fully saturated rings. The van der Waals surface area contributed by atoms with Gasteiger partial charge in [0, 0.05) is 41.8 Å². The van der Waals surface area contributed by atoms with Crippen molar-refractivity contribution >= 4 is 29.4 Å². The first kappa shape index (κ1) is 23.3. The number of nitro benzene ring substituents is 1. The Morgan fingerprint density at radius 1 is 0.938 bits per heavy atom. The summed E-state index contributed by atoms with van der Waals surface area (Å²) in [5.41, 5.74) is 3.89. The van der Waals surface area contributed by atoms with Crippen LogP contribution in [0, 0.1) is 34.8 Å². The van der Waals surface area contributed by atoms with Crippen molar-refractivity contribution in [1.82, 2.24) is 0 Å². The molecule has 2 aliphatic carbocycles. The summed E-state index contributed by atoms with van der Waals surface area (Å²) in [7, 11) is 0. The van der Waals surface area contributed by atoms with E-state index in [1.165, 1.54) is 12.1 Å². The maximum Gasteiger partial charge on any atom is 0.270 e. The van der Waals surface area contributed by atoms with Gasteiger partial charge >= 0.3 is 0 Å². The van der Waals surface area contributed by atoms with Crippen LogP contribution in [0.3, 0.4) is 0 Å². The topological polar surface area (TPSA) is 83.6 Å². The zero-order chi connectivity index (χ0) is 23.3. The van der Waals surface area contributed by atoms with Crippen LogP contribution in [-0.2, 0) is 0 Å². The lowest BCUT2D eigenvalue weighted by atomic mass is 9.93. The highest BCUT2D eigenvalue weighted by Gasteiger charge is 2.25. The van der Waals surface area contributed by atoms with Crippen LogP contribution in [0.4, 0.5) is 5.69 Å². The molecule has 0 aromatic heterocycles. The number of aliphatic hydroxyl groups excluding tert-OH is 2. The number of nitrogens with zero attached hydrogens (tertiary/aromatic N) is 1. The molecule has 162 valence electrons. The minimum absolute atomic E-state index is 0.00770. The zero-order valence-corrected chi connectivity index (χ0v) is 17.9. The van der Waals surface area contributed by atoms with Crippen molar-refractivity contribution in [2.75, 3.05) is 0 Å². The fourth-order valence-corrected chi connectivity index (χ4v) is 4.09. The van der Waals surface area contributed by atoms with E-state index in [0.29, 0.717) is 11.4 Å². The van der Waals surface area contributed by atoms with Gasteiger partial charge in [0.25, 0.3) is 5.69 Å². The van der Waals surface area contributed by atoms with E-state index in [1.54, 1.807) is 12.1 Å². The molecule has 0 saturated carbocycles. The molecule has 0 radical (unpaired) electrons. The number of nitro groups is 1. The maximum atomic E-state index is 10.6. The molecular weight excluding hydrogens is 426 g/mol. The molecule has 2 aliphatic rings. The molecular formula is C26H22ClNO4. The predicted octanol–water partition coefficient (Wildman–Crippen LogP) is 4.92. The standard InChI is InChI=1S/C13H11ClO.C13H11NO3/c1-2-3-13(15)12-6-4-9-8-10(14)5-7-11(9)12;1-2-3-13(15)12-6-4-9-8-10(14(16)17)5-7-11(9)12/h1,4-8,12-13,15H,3H2;1,4-8,12-13,15H,3H2. The Morgan fingerprint density at radius 3 is 1.94 bits per heavy atom. The van der Waals surface area contributed by atoms with E-state index < -0.39 is 17.1 Å². The minimum atomic E-state index is -0.640. The van der Waals surface area contributed by atoms with Crippen molar-refractivity contribution in [3.8, 4) is 24.7 Å². The summed E-state index contributed by atoms with van der Waals surface area (Å²) in [4.78, 5) is 10.2. The molecule has 0 spiro atoms. The molecule has 0 saturated heterocycles. The number of hydrogen-bond donors (Lipinski definition) is 2. The summed E-state index contributed by atoms with van der Waals surface area (Å²) in [5, 5.41) is 31.0. The van der Waals surface area contributed by atoms with Gasteiger partial charge in [-0.2, -0.15) is 0 Å². The molecule has 0 heterocycles. The Hall–Kier alpha value is -3.35. The Labute approximate surface area is 192 Å². The van der Waals surface area contributed by atoms with Gasteiger partial charge in [0.2, 0.25) is 0 Å². The van der Waals surface area contributed by atoms with Gasteiger partial charge in [0.15, 0.2) is 0 Å². The third kappa shape index (κ3) is 5.10. The van der Waals surface area contributed by atoms with Gasteiger partial charge in [-0.15, -0.1) is 24.7 Å². The quantitative estimate of drug-likeness (QED) is 0.387. The highest BCUT2D eigenvalue weighted by Crippen LogP contribution is 2.36. The van der Waals surface area contributed by atoms with Gasteiger partial charge in [-0.3, -0.25) is 10.1 Å². The summed E-state index contributed by atoms with van der Waals surface area (Å²) in [6, 6.07) is 10.3. The van der Waals surface area contributed by atoms with Gasteiger partial charge in [0.05, 0.1) is 17.1 Å². The molecule has 2 aromatic carbocycles. The van der Waals surface area contributed by atoms with E-state index >= 15 is 0 Å². The Bertz CT molecular complexity index is 1160. The molecule has 0 amide bonds. The lowest BCUT2D eigenvalue weighted by Gasteiger charge is -2.16. The van der Waals surface area contributed by atoms with Crippen LogP contribution < -0.4 is 0 Å². The molecule has 0 bridgehead atoms. The predicted molar refractivity (Wildman–Crippen MR) is 127 cm³/mol. The summed E-state index contributed by atoms with van der Waals surface area (Å²) >= 11 is 5.88. The SMILES string of the molecule is C#CCC(O)C1C=Cc2cc(Cl)ccc21.C#CCC(O)C1C=Cc2cc([N+](=O)[O-])ccc21. The third-order valence-corrected chi connectivity index (χ3v) is 5.73. The normalized spacial score (nSPS) is 19.0. The summed E-state index contributed by atoms with van der Waals surface area (Å²) in [6.07, 6.45) is 17.4. The molecule has 5 nitrogen and oxygen atoms in total. The summed E-state index contributed by atoms with van der Waals surface area (Å²) < 4.78 is 0. The van der Waals surface area contributed by atoms with Gasteiger partial charge in [-0.25, -0.2) is 0 Å². The van der Waals surface area contributed by atoms with Gasteiger partial charge in [-0.05, 0) is 34.4 Å². The van der Waals surface area contributed by atoms with E-state index in [-0.39, 0.29) is 23.9 Å². The van der Waals surface area contributed by atoms with Gasteiger partial charge in [-0.1, -0.05) is 48.0 Å². The van der Waals surface area contributed by atoms with Crippen molar-refractivity contribution in [2.45, 2.75) is 36.9 Å². The number of terminal acetylenes is 2. The summed E-state index contributed by atoms with van der Waals surface area (Å²) in [6.45, 7) is 0. The van der Waals surface area contributed by atoms with Crippen LogP contribution in [0.2, 0.25) is 5.02 Å². The van der Waals surface area contributed by atoms with Crippen molar-refractivity contribution in [2.24, 2.45) is 0 Å². The van der Waals surface area contributed by atoms with Crippen LogP contribution in [0.15, 0.2) is 48.6 Å². The highest BCUT2D eigenvalue weighted by atomic mass is 35.5. The largest absolute Gasteiger partial charge is 0.391 e. The molecule has 4 atom stereocenters. The molecule has 32 heavy (non-hydrogen) atoms. The van der Waals surface area contributed by atoms with E-state index in [2.05, 4.69) is 11.8 Å². The summed E-state index contributed by atoms with van der Waals surface area (Å²) in [5.74, 6) is 4.73. The highest BCUT2D eigenvalue weighted by molar-refractivity contribution is 6.30. The number of non-ortho nitro benzene ring substituents is 1. The van der Waals surface area contributed by atoms with Crippen LogP contribution in [0.5, 0.6) is 0 Å². The monoisotopic (exact) mass is 447 g/mol. The van der Waals surface area contributed by atoms with Crippen LogP contribution >= 0.6 is 11.6 Å². The van der Waals surface area contributed by atoms with Crippen molar-refractivity contribution in [3.63, 3.8) is 0 Å². The van der Waals surface area contributed by atoms with Crippen molar-refractivity contribution < 1.29 is 15.1 Å². The van der Waals surface area contributed by atoms with E-state index in [1.807, 2.05) is 36.4 Å². The van der Waals surface area contributed by atoms with E-state index in [0.717, 1.165) is 22.3 Å². The average molecular weight is 448 g/mol. The maximum absolute atomic E-state index is 10.6. The number of hydrogen-bond acceptors (Lipinski definition) is 4. The first-order valence-electron chi connectivity index (χ1n) is 10.0. The molecule has 4 rings (SSSR count). The second-order valence-corrected chi connectivity index (χ2v) is 8.00. The molecule has 6 heteroatoms. The smallest absolute Gasteiger partial charge is 0.270 e. The van der Waals surface area contributed by atoms with Crippen molar-refractivity contribution in [3.05, 3.63) is 85.9 Å². The molecule has 2 N–H and O–H groups in total. The van der Waals surface area contributed by atoms with Gasteiger partial charge in [0.1, 0.15) is 0 Å². The number of fused-ring (bicyclic) bond motifs is 2. The van der Waals surface area contributed by atoms with Crippen LogP contribution in [0.25, 0.3) is 12.2 Å². The third-order valence-electron chi connectivity index (χ3n) is 5.50. The second-order valence-electron chi connectivity index (χ2n) is 7.56. The minimum Gasteiger partial charge on any atom is -0.391 e. The molecule has 0 aliphatic heterocycles. The lowest BCUT2D eigenvalue weighted by molar-refractivity contribution is -0.384. The van der Waals surface area contributed by atoms with Crippen molar-refractivity contribution in [1.29, 1.82) is 0 Å². The van der Waals surface area contributed by atoms with E-state index in [9.17, 15) is 20.3 Å². The molecule has 4 unspecified atom stereocenters. The molecule has 2 aromatic rings. The zero-order valence-electron chi connectivity index (χ0n) is 17.2. The fraction of sp³-hybridized carbons (Fsp3) is 0.231. The first-order valence-corrected chi connectivity index (χ1v) is 10.4. The lowest BCUT2D eigenvalue weighted by Crippen LogP contribution is -2.14. The number of halogens is 1. The fourth-order valence-electron chi connectivity index (χ4n) is 3.91. The number of rotatable bonds is 5. The van der Waals surface area contributed by atoms with E-state index in [4.69, 9.17) is 24.4 Å². The van der Waals surface area contributed by atoms with Crippen LogP contribution in [0.1, 0.15) is 46.9 Å². The Morgan fingerprint density at radius 2 is 1.44 bits per heavy atom. The second kappa shape index (κ2) is 10.3. The van der Waals surface area contributed by atoms with Gasteiger partial charge < -0.3 is 10.2 Å². The Kier molecular flexibility index (Phi) is 7.51. The number of aliphatic hydroxyl groups is 2. The Balaban J connectivity index is 0.000000182. The average Bonchev–Trinajstić information content (AvgIpc) is 3.38.